The first kappa shape index (κ1) is 12.5. The third-order valence-electron chi connectivity index (χ3n) is 3.25. The van der Waals surface area contributed by atoms with Crippen LogP contribution < -0.4 is 11.3 Å². The van der Waals surface area contributed by atoms with Crippen LogP contribution in [-0.4, -0.2) is 23.9 Å². The Morgan fingerprint density at radius 1 is 1.65 bits per heavy atom. The van der Waals surface area contributed by atoms with Crippen molar-refractivity contribution in [3.8, 4) is 0 Å². The predicted octanol–water partition coefficient (Wildman–Crippen LogP) is 1.12. The third kappa shape index (κ3) is 2.68. The number of thiophene rings is 1. The van der Waals surface area contributed by atoms with Gasteiger partial charge in [-0.05, 0) is 37.3 Å². The zero-order chi connectivity index (χ0) is 12.5. The van der Waals surface area contributed by atoms with Crippen molar-refractivity contribution >= 4 is 17.2 Å². The Labute approximate surface area is 106 Å². The lowest BCUT2D eigenvalue weighted by molar-refractivity contribution is -0.130. The molecule has 0 aliphatic carbocycles. The molecule has 0 saturated carbocycles. The SMILES string of the molecule is CC(C)(CN1CCc2sccc2C1)C(=O)NN. The van der Waals surface area contributed by atoms with E-state index in [-0.39, 0.29) is 5.91 Å². The quantitative estimate of drug-likeness (QED) is 0.482. The molecule has 1 aromatic rings. The zero-order valence-electron chi connectivity index (χ0n) is 10.3. The monoisotopic (exact) mass is 253 g/mol. The van der Waals surface area contributed by atoms with Crippen molar-refractivity contribution in [3.05, 3.63) is 21.9 Å². The van der Waals surface area contributed by atoms with Gasteiger partial charge in [0.25, 0.3) is 0 Å². The van der Waals surface area contributed by atoms with E-state index in [1.807, 2.05) is 25.2 Å². The van der Waals surface area contributed by atoms with Crippen LogP contribution in [-0.2, 0) is 17.8 Å². The number of nitrogens with zero attached hydrogens (tertiary/aromatic N) is 1. The highest BCUT2D eigenvalue weighted by atomic mass is 32.1. The van der Waals surface area contributed by atoms with Crippen LogP contribution >= 0.6 is 11.3 Å². The molecule has 4 nitrogen and oxygen atoms in total. The summed E-state index contributed by atoms with van der Waals surface area (Å²) < 4.78 is 0. The van der Waals surface area contributed by atoms with Crippen molar-refractivity contribution in [1.82, 2.24) is 10.3 Å². The maximum absolute atomic E-state index is 11.6. The zero-order valence-corrected chi connectivity index (χ0v) is 11.1. The summed E-state index contributed by atoms with van der Waals surface area (Å²) in [7, 11) is 0. The summed E-state index contributed by atoms with van der Waals surface area (Å²) in [6.45, 7) is 6.57. The molecule has 5 heteroatoms. The first-order valence-electron chi connectivity index (χ1n) is 5.81. The Kier molecular flexibility index (Phi) is 3.51. The van der Waals surface area contributed by atoms with Gasteiger partial charge in [-0.3, -0.25) is 15.1 Å². The van der Waals surface area contributed by atoms with Crippen molar-refractivity contribution in [2.24, 2.45) is 11.3 Å². The van der Waals surface area contributed by atoms with E-state index in [0.717, 1.165) is 26.1 Å². The molecule has 0 bridgehead atoms. The number of hydrazine groups is 1. The predicted molar refractivity (Wildman–Crippen MR) is 69.4 cm³/mol. The fourth-order valence-electron chi connectivity index (χ4n) is 2.27. The minimum Gasteiger partial charge on any atom is -0.298 e. The normalized spacial score (nSPS) is 16.6. The summed E-state index contributed by atoms with van der Waals surface area (Å²) in [5, 5.41) is 2.14. The summed E-state index contributed by atoms with van der Waals surface area (Å²) in [6.07, 6.45) is 1.09. The Hall–Kier alpha value is -0.910. The van der Waals surface area contributed by atoms with E-state index in [1.54, 1.807) is 0 Å². The van der Waals surface area contributed by atoms with Crippen molar-refractivity contribution < 1.29 is 4.79 Å². The Bertz CT molecular complexity index is 414. The van der Waals surface area contributed by atoms with Gasteiger partial charge < -0.3 is 0 Å². The maximum Gasteiger partial charge on any atom is 0.240 e. The summed E-state index contributed by atoms with van der Waals surface area (Å²) in [5.41, 5.74) is 3.21. The third-order valence-corrected chi connectivity index (χ3v) is 4.27. The number of hydrogen-bond acceptors (Lipinski definition) is 4. The van der Waals surface area contributed by atoms with Crippen LogP contribution in [0.4, 0.5) is 0 Å². The molecular formula is C12H19N3OS. The molecule has 17 heavy (non-hydrogen) atoms. The smallest absolute Gasteiger partial charge is 0.240 e. The molecule has 0 aromatic carbocycles. The van der Waals surface area contributed by atoms with Crippen molar-refractivity contribution in [2.75, 3.05) is 13.1 Å². The number of hydrogen-bond donors (Lipinski definition) is 2. The van der Waals surface area contributed by atoms with Crippen LogP contribution in [0.3, 0.4) is 0 Å². The van der Waals surface area contributed by atoms with E-state index in [1.165, 1.54) is 10.4 Å². The minimum atomic E-state index is -0.442. The fraction of sp³-hybridized carbons (Fsp3) is 0.583. The van der Waals surface area contributed by atoms with Gasteiger partial charge >= 0.3 is 0 Å². The summed E-state index contributed by atoms with van der Waals surface area (Å²) in [5.74, 6) is 5.10. The lowest BCUT2D eigenvalue weighted by Crippen LogP contribution is -2.48. The van der Waals surface area contributed by atoms with Crippen molar-refractivity contribution in [1.29, 1.82) is 0 Å². The average Bonchev–Trinajstić information content (AvgIpc) is 2.74. The van der Waals surface area contributed by atoms with E-state index < -0.39 is 5.41 Å². The van der Waals surface area contributed by atoms with Gasteiger partial charge in [0.05, 0.1) is 5.41 Å². The number of carbonyl (C=O) groups is 1. The van der Waals surface area contributed by atoms with Gasteiger partial charge in [-0.15, -0.1) is 11.3 Å². The standard InChI is InChI=1S/C12H19N3OS/c1-12(2,11(16)14-13)8-15-5-3-10-9(7-15)4-6-17-10/h4,6H,3,5,7-8,13H2,1-2H3,(H,14,16). The molecule has 1 amide bonds. The van der Waals surface area contributed by atoms with E-state index in [2.05, 4.69) is 21.8 Å². The molecule has 0 spiro atoms. The molecule has 94 valence electrons. The molecule has 0 atom stereocenters. The fourth-order valence-corrected chi connectivity index (χ4v) is 3.16. The van der Waals surface area contributed by atoms with Crippen LogP contribution in [0.2, 0.25) is 0 Å². The Morgan fingerprint density at radius 3 is 3.12 bits per heavy atom. The Balaban J connectivity index is 2.00. The number of nitrogens with one attached hydrogen (secondary N) is 1. The number of fused-ring (bicyclic) bond motifs is 1. The average molecular weight is 253 g/mol. The van der Waals surface area contributed by atoms with E-state index >= 15 is 0 Å². The van der Waals surface area contributed by atoms with Gasteiger partial charge in [-0.25, -0.2) is 5.84 Å². The number of rotatable bonds is 3. The van der Waals surface area contributed by atoms with Gasteiger partial charge in [-0.2, -0.15) is 0 Å². The van der Waals surface area contributed by atoms with Crippen LogP contribution in [0.25, 0.3) is 0 Å². The van der Waals surface area contributed by atoms with Gasteiger partial charge in [-0.1, -0.05) is 0 Å². The molecule has 1 aliphatic rings. The molecule has 0 saturated heterocycles. The first-order chi connectivity index (χ1) is 8.03. The number of carbonyl (C=O) groups excluding carboxylic acids is 1. The van der Waals surface area contributed by atoms with Gasteiger partial charge in [0.1, 0.15) is 0 Å². The maximum atomic E-state index is 11.6. The second-order valence-electron chi connectivity index (χ2n) is 5.19. The summed E-state index contributed by atoms with van der Waals surface area (Å²) >= 11 is 1.83. The molecular weight excluding hydrogens is 234 g/mol. The van der Waals surface area contributed by atoms with Crippen LogP contribution in [0.1, 0.15) is 24.3 Å². The van der Waals surface area contributed by atoms with Gasteiger partial charge in [0.2, 0.25) is 5.91 Å². The highest BCUT2D eigenvalue weighted by Gasteiger charge is 2.30. The van der Waals surface area contributed by atoms with Crippen LogP contribution in [0.15, 0.2) is 11.4 Å². The molecule has 2 rings (SSSR count). The number of nitrogens with two attached hydrogens (primary N) is 1. The first-order valence-corrected chi connectivity index (χ1v) is 6.69. The van der Waals surface area contributed by atoms with Crippen LogP contribution in [0.5, 0.6) is 0 Å². The van der Waals surface area contributed by atoms with E-state index in [0.29, 0.717) is 0 Å². The number of amides is 1. The molecule has 1 aromatic heterocycles. The summed E-state index contributed by atoms with van der Waals surface area (Å²) in [4.78, 5) is 15.5. The second kappa shape index (κ2) is 4.76. The highest BCUT2D eigenvalue weighted by molar-refractivity contribution is 7.10. The molecule has 2 heterocycles. The van der Waals surface area contributed by atoms with Crippen molar-refractivity contribution in [3.63, 3.8) is 0 Å². The van der Waals surface area contributed by atoms with Crippen LogP contribution in [0, 0.1) is 5.41 Å². The lowest BCUT2D eigenvalue weighted by atomic mass is 9.91. The second-order valence-corrected chi connectivity index (χ2v) is 6.19. The molecule has 0 radical (unpaired) electrons. The molecule has 0 fully saturated rings. The topological polar surface area (TPSA) is 58.4 Å². The highest BCUT2D eigenvalue weighted by Crippen LogP contribution is 2.26. The molecule has 3 N–H and O–H groups in total. The largest absolute Gasteiger partial charge is 0.298 e. The Morgan fingerprint density at radius 2 is 2.41 bits per heavy atom. The molecule has 0 unspecified atom stereocenters. The van der Waals surface area contributed by atoms with Gasteiger partial charge in [0, 0.05) is 24.5 Å². The summed E-state index contributed by atoms with van der Waals surface area (Å²) in [6, 6.07) is 2.18. The van der Waals surface area contributed by atoms with E-state index in [9.17, 15) is 4.79 Å². The lowest BCUT2D eigenvalue weighted by Gasteiger charge is -2.33. The van der Waals surface area contributed by atoms with E-state index in [4.69, 9.17) is 5.84 Å². The minimum absolute atomic E-state index is 0.103. The molecule has 1 aliphatic heterocycles. The van der Waals surface area contributed by atoms with Crippen molar-refractivity contribution in [2.45, 2.75) is 26.8 Å². The van der Waals surface area contributed by atoms with Gasteiger partial charge in [0.15, 0.2) is 0 Å².